The molecule has 0 saturated carbocycles. The average molecular weight is 267 g/mol. The number of rotatable bonds is 2. The first-order chi connectivity index (χ1) is 9.00. The topological polar surface area (TPSA) is 72.3 Å². The number of aryl methyl sites for hydroxylation is 1. The summed E-state index contributed by atoms with van der Waals surface area (Å²) in [5, 5.41) is 10.9. The van der Waals surface area contributed by atoms with Gasteiger partial charge in [0.2, 0.25) is 0 Å². The van der Waals surface area contributed by atoms with E-state index in [0.29, 0.717) is 32.1 Å². The Hall–Kier alpha value is -1.63. The van der Waals surface area contributed by atoms with E-state index in [0.717, 1.165) is 6.42 Å². The zero-order valence-electron chi connectivity index (χ0n) is 11.7. The Morgan fingerprint density at radius 2 is 2.37 bits per heavy atom. The summed E-state index contributed by atoms with van der Waals surface area (Å²) >= 11 is 0. The second kappa shape index (κ2) is 5.56. The minimum absolute atomic E-state index is 0.151. The van der Waals surface area contributed by atoms with Crippen LogP contribution in [0.4, 0.5) is 10.6 Å². The van der Waals surface area contributed by atoms with Gasteiger partial charge in [-0.1, -0.05) is 0 Å². The predicted octanol–water partition coefficient (Wildman–Crippen LogP) is 1.33. The highest BCUT2D eigenvalue weighted by atomic mass is 16.5. The fraction of sp³-hybridized carbons (Fsp3) is 0.750. The van der Waals surface area contributed by atoms with Gasteiger partial charge < -0.3 is 9.64 Å². The van der Waals surface area contributed by atoms with Gasteiger partial charge in [0.15, 0.2) is 5.82 Å². The first-order valence-electron chi connectivity index (χ1n) is 6.60. The Morgan fingerprint density at radius 3 is 3.05 bits per heavy atom. The van der Waals surface area contributed by atoms with Gasteiger partial charge in [0.25, 0.3) is 0 Å². The van der Waals surface area contributed by atoms with E-state index in [9.17, 15) is 4.79 Å². The van der Waals surface area contributed by atoms with Crippen LogP contribution in [0.1, 0.15) is 27.2 Å². The molecule has 7 nitrogen and oxygen atoms in total. The standard InChI is InChI=1S/C12H21N5O2/c1-4-17-13-8-10(15-17)14-11(18)16-6-5-7-19-12(2,3)9-16/h8H,4-7,9H2,1-3H3,(H,14,15,18). The van der Waals surface area contributed by atoms with Gasteiger partial charge in [-0.05, 0) is 27.2 Å². The zero-order valence-corrected chi connectivity index (χ0v) is 11.7. The lowest BCUT2D eigenvalue weighted by atomic mass is 10.1. The molecule has 1 N–H and O–H groups in total. The van der Waals surface area contributed by atoms with E-state index in [1.54, 1.807) is 11.1 Å². The molecule has 0 unspecified atom stereocenters. The molecule has 2 amide bonds. The maximum absolute atomic E-state index is 12.2. The molecule has 0 spiro atoms. The van der Waals surface area contributed by atoms with Crippen molar-refractivity contribution in [1.29, 1.82) is 0 Å². The lowest BCUT2D eigenvalue weighted by molar-refractivity contribution is -0.0127. The van der Waals surface area contributed by atoms with Gasteiger partial charge in [-0.2, -0.15) is 9.90 Å². The van der Waals surface area contributed by atoms with Gasteiger partial charge in [-0.3, -0.25) is 5.32 Å². The van der Waals surface area contributed by atoms with Crippen molar-refractivity contribution in [1.82, 2.24) is 19.9 Å². The van der Waals surface area contributed by atoms with Crippen LogP contribution in [0.5, 0.6) is 0 Å². The smallest absolute Gasteiger partial charge is 0.323 e. The summed E-state index contributed by atoms with van der Waals surface area (Å²) in [7, 11) is 0. The molecule has 1 aliphatic heterocycles. The summed E-state index contributed by atoms with van der Waals surface area (Å²) in [4.78, 5) is 15.5. The minimum atomic E-state index is -0.311. The number of urea groups is 1. The van der Waals surface area contributed by atoms with Crippen LogP contribution < -0.4 is 5.32 Å². The normalized spacial score (nSPS) is 19.0. The number of hydrogen-bond donors (Lipinski definition) is 1. The maximum Gasteiger partial charge on any atom is 0.323 e. The predicted molar refractivity (Wildman–Crippen MR) is 70.9 cm³/mol. The molecule has 0 atom stereocenters. The Kier molecular flexibility index (Phi) is 4.04. The number of hydrogen-bond acceptors (Lipinski definition) is 4. The van der Waals surface area contributed by atoms with Gasteiger partial charge in [-0.25, -0.2) is 4.79 Å². The van der Waals surface area contributed by atoms with Gasteiger partial charge in [0.1, 0.15) is 0 Å². The van der Waals surface area contributed by atoms with Crippen molar-refractivity contribution in [2.24, 2.45) is 0 Å². The first kappa shape index (κ1) is 13.8. The molecule has 1 fully saturated rings. The molecule has 2 rings (SSSR count). The Labute approximate surface area is 112 Å². The van der Waals surface area contributed by atoms with Crippen molar-refractivity contribution in [3.63, 3.8) is 0 Å². The van der Waals surface area contributed by atoms with Gasteiger partial charge in [-0.15, -0.1) is 5.10 Å². The Balaban J connectivity index is 1.98. The van der Waals surface area contributed by atoms with Crippen molar-refractivity contribution in [3.8, 4) is 0 Å². The van der Waals surface area contributed by atoms with E-state index < -0.39 is 0 Å². The third-order valence-corrected chi connectivity index (χ3v) is 2.98. The number of carbonyl (C=O) groups excluding carboxylic acids is 1. The van der Waals surface area contributed by atoms with Crippen LogP contribution in [0.3, 0.4) is 0 Å². The van der Waals surface area contributed by atoms with Gasteiger partial charge in [0, 0.05) is 13.2 Å². The Morgan fingerprint density at radius 1 is 1.58 bits per heavy atom. The van der Waals surface area contributed by atoms with E-state index >= 15 is 0 Å². The molecule has 106 valence electrons. The molecule has 1 aromatic heterocycles. The highest BCUT2D eigenvalue weighted by Crippen LogP contribution is 2.17. The first-order valence-corrected chi connectivity index (χ1v) is 6.60. The van der Waals surface area contributed by atoms with Crippen molar-refractivity contribution in [3.05, 3.63) is 6.20 Å². The lowest BCUT2D eigenvalue weighted by Gasteiger charge is -2.28. The molecule has 0 aromatic carbocycles. The Bertz CT molecular complexity index is 443. The fourth-order valence-electron chi connectivity index (χ4n) is 2.06. The summed E-state index contributed by atoms with van der Waals surface area (Å²) in [6.07, 6.45) is 2.40. The molecule has 1 aliphatic rings. The molecular formula is C12H21N5O2. The van der Waals surface area contributed by atoms with Crippen molar-refractivity contribution >= 4 is 11.8 Å². The molecule has 0 bridgehead atoms. The number of nitrogens with zero attached hydrogens (tertiary/aromatic N) is 4. The molecule has 0 radical (unpaired) electrons. The summed E-state index contributed by atoms with van der Waals surface area (Å²) < 4.78 is 5.69. The third-order valence-electron chi connectivity index (χ3n) is 2.98. The van der Waals surface area contributed by atoms with Crippen LogP contribution in [-0.4, -0.2) is 51.2 Å². The van der Waals surface area contributed by atoms with Gasteiger partial charge >= 0.3 is 6.03 Å². The zero-order chi connectivity index (χ0) is 13.9. The molecule has 1 aromatic rings. The second-order valence-electron chi connectivity index (χ2n) is 5.23. The largest absolute Gasteiger partial charge is 0.374 e. The van der Waals surface area contributed by atoms with Crippen LogP contribution >= 0.6 is 0 Å². The highest BCUT2D eigenvalue weighted by molar-refractivity contribution is 5.88. The number of aromatic nitrogens is 3. The molecular weight excluding hydrogens is 246 g/mol. The van der Waals surface area contributed by atoms with Crippen LogP contribution in [0.25, 0.3) is 0 Å². The van der Waals surface area contributed by atoms with Crippen LogP contribution in [0, 0.1) is 0 Å². The summed E-state index contributed by atoms with van der Waals surface area (Å²) in [6.45, 7) is 8.55. The monoisotopic (exact) mass is 267 g/mol. The number of ether oxygens (including phenoxy) is 1. The molecule has 7 heteroatoms. The van der Waals surface area contributed by atoms with E-state index in [4.69, 9.17) is 4.74 Å². The van der Waals surface area contributed by atoms with Crippen molar-refractivity contribution in [2.75, 3.05) is 25.0 Å². The van der Waals surface area contributed by atoms with Crippen LogP contribution in [-0.2, 0) is 11.3 Å². The van der Waals surface area contributed by atoms with Gasteiger partial charge in [0.05, 0.1) is 24.9 Å². The molecule has 0 aliphatic carbocycles. The number of amides is 2. The highest BCUT2D eigenvalue weighted by Gasteiger charge is 2.28. The summed E-state index contributed by atoms with van der Waals surface area (Å²) in [5.74, 6) is 0.481. The quantitative estimate of drug-likeness (QED) is 0.877. The summed E-state index contributed by atoms with van der Waals surface area (Å²) in [5.41, 5.74) is -0.311. The van der Waals surface area contributed by atoms with E-state index in [2.05, 4.69) is 15.5 Å². The minimum Gasteiger partial charge on any atom is -0.374 e. The molecule has 1 saturated heterocycles. The number of anilines is 1. The fourth-order valence-corrected chi connectivity index (χ4v) is 2.06. The van der Waals surface area contributed by atoms with E-state index in [1.807, 2.05) is 20.8 Å². The van der Waals surface area contributed by atoms with Crippen molar-refractivity contribution in [2.45, 2.75) is 39.3 Å². The lowest BCUT2D eigenvalue weighted by Crippen LogP contribution is -2.43. The SMILES string of the molecule is CCn1ncc(NC(=O)N2CCCOC(C)(C)C2)n1. The third kappa shape index (κ3) is 3.66. The van der Waals surface area contributed by atoms with Crippen LogP contribution in [0.2, 0.25) is 0 Å². The van der Waals surface area contributed by atoms with E-state index in [1.165, 1.54) is 4.80 Å². The average Bonchev–Trinajstić information content (AvgIpc) is 2.72. The summed E-state index contributed by atoms with van der Waals surface area (Å²) in [6, 6.07) is -0.151. The number of nitrogens with one attached hydrogen (secondary N) is 1. The maximum atomic E-state index is 12.2. The second-order valence-corrected chi connectivity index (χ2v) is 5.23. The van der Waals surface area contributed by atoms with Crippen molar-refractivity contribution < 1.29 is 9.53 Å². The van der Waals surface area contributed by atoms with Crippen LogP contribution in [0.15, 0.2) is 6.20 Å². The van der Waals surface area contributed by atoms with E-state index in [-0.39, 0.29) is 11.6 Å². The molecule has 2 heterocycles. The number of carbonyl (C=O) groups is 1. The molecule has 19 heavy (non-hydrogen) atoms.